The average Bonchev–Trinajstić information content (AvgIpc) is 2.11. The predicted octanol–water partition coefficient (Wildman–Crippen LogP) is 4.19. The fourth-order valence-corrected chi connectivity index (χ4v) is 1.89. The summed E-state index contributed by atoms with van der Waals surface area (Å²) in [5, 5.41) is 3.47. The van der Waals surface area contributed by atoms with Crippen LogP contribution in [-0.2, 0) is 4.79 Å². The van der Waals surface area contributed by atoms with E-state index in [1.54, 1.807) is 0 Å². The van der Waals surface area contributed by atoms with Crippen LogP contribution in [-0.4, -0.2) is 18.9 Å². The van der Waals surface area contributed by atoms with Crippen LogP contribution in [0.3, 0.4) is 0 Å². The molecule has 0 saturated carbocycles. The van der Waals surface area contributed by atoms with E-state index in [-0.39, 0.29) is 5.41 Å². The Morgan fingerprint density at radius 3 is 2.00 bits per heavy atom. The summed E-state index contributed by atoms with van der Waals surface area (Å²) in [5.41, 5.74) is 0.508. The van der Waals surface area contributed by atoms with Gasteiger partial charge in [-0.3, -0.25) is 4.79 Å². The molecule has 0 aromatic rings. The number of carbonyl (C=O) groups excluding carboxylic acids is 1. The number of rotatable bonds is 8. The monoisotopic (exact) mass is 255 g/mol. The summed E-state index contributed by atoms with van der Waals surface area (Å²) in [7, 11) is 0. The maximum absolute atomic E-state index is 11.7. The van der Waals surface area contributed by atoms with Gasteiger partial charge in [0.15, 0.2) is 0 Å². The Morgan fingerprint density at radius 2 is 1.50 bits per heavy atom. The average molecular weight is 255 g/mol. The zero-order chi connectivity index (χ0) is 14.2. The summed E-state index contributed by atoms with van der Waals surface area (Å²) < 4.78 is 0. The lowest BCUT2D eigenvalue weighted by molar-refractivity contribution is -0.120. The first-order valence-electron chi connectivity index (χ1n) is 7.33. The fourth-order valence-electron chi connectivity index (χ4n) is 1.89. The molecule has 0 aliphatic rings. The highest BCUT2D eigenvalue weighted by Crippen LogP contribution is 2.20. The molecule has 0 aromatic carbocycles. The summed E-state index contributed by atoms with van der Waals surface area (Å²) in [6.07, 6.45) is 4.86. The van der Waals surface area contributed by atoms with E-state index < -0.39 is 0 Å². The van der Waals surface area contributed by atoms with Gasteiger partial charge in [0, 0.05) is 12.8 Å². The first-order chi connectivity index (χ1) is 8.10. The molecule has 0 aliphatic heterocycles. The van der Waals surface area contributed by atoms with Gasteiger partial charge in [-0.25, -0.2) is 0 Å². The molecule has 0 atom stereocenters. The van der Waals surface area contributed by atoms with Crippen molar-refractivity contribution >= 4 is 5.78 Å². The Bertz CT molecular complexity index is 232. The molecule has 1 N–H and O–H groups in total. The molecule has 0 aromatic heterocycles. The second-order valence-corrected chi connectivity index (χ2v) is 7.82. The molecule has 0 unspecified atom stereocenters. The second kappa shape index (κ2) is 7.93. The normalized spacial score (nSPS) is 12.8. The van der Waals surface area contributed by atoms with E-state index in [0.29, 0.717) is 11.2 Å². The SMILES string of the molecule is CC(C)(C)CNCCCCCC(=O)CC(C)(C)C. The molecule has 2 nitrogen and oxygen atoms in total. The number of hydrogen-bond donors (Lipinski definition) is 1. The topological polar surface area (TPSA) is 29.1 Å². The molecule has 0 heterocycles. The van der Waals surface area contributed by atoms with Gasteiger partial charge in [-0.05, 0) is 36.8 Å². The molecular formula is C16H33NO. The third-order valence-corrected chi connectivity index (χ3v) is 2.69. The summed E-state index contributed by atoms with van der Waals surface area (Å²) in [6.45, 7) is 15.2. The number of nitrogens with one attached hydrogen (secondary N) is 1. The minimum absolute atomic E-state index is 0.144. The van der Waals surface area contributed by atoms with Crippen LogP contribution in [0.5, 0.6) is 0 Å². The Hall–Kier alpha value is -0.370. The van der Waals surface area contributed by atoms with Crippen LogP contribution in [0.25, 0.3) is 0 Å². The van der Waals surface area contributed by atoms with Crippen molar-refractivity contribution < 1.29 is 4.79 Å². The van der Waals surface area contributed by atoms with Gasteiger partial charge in [-0.15, -0.1) is 0 Å². The van der Waals surface area contributed by atoms with Gasteiger partial charge in [0.05, 0.1) is 0 Å². The van der Waals surface area contributed by atoms with Crippen LogP contribution in [0.4, 0.5) is 0 Å². The summed E-state index contributed by atoms with van der Waals surface area (Å²) in [4.78, 5) is 11.7. The van der Waals surface area contributed by atoms with Gasteiger partial charge in [0.2, 0.25) is 0 Å². The minimum Gasteiger partial charge on any atom is -0.316 e. The molecule has 0 spiro atoms. The molecule has 0 aliphatic carbocycles. The first kappa shape index (κ1) is 17.6. The molecule has 18 heavy (non-hydrogen) atoms. The number of carbonyl (C=O) groups is 1. The Balaban J connectivity index is 3.39. The van der Waals surface area contributed by atoms with Crippen molar-refractivity contribution in [3.05, 3.63) is 0 Å². The van der Waals surface area contributed by atoms with Crippen LogP contribution < -0.4 is 5.32 Å². The van der Waals surface area contributed by atoms with Crippen LogP contribution in [0.2, 0.25) is 0 Å². The van der Waals surface area contributed by atoms with Crippen LogP contribution in [0, 0.1) is 10.8 Å². The van der Waals surface area contributed by atoms with Gasteiger partial charge in [0.1, 0.15) is 5.78 Å². The van der Waals surface area contributed by atoms with Crippen LogP contribution >= 0.6 is 0 Å². The predicted molar refractivity (Wildman–Crippen MR) is 79.9 cm³/mol. The number of ketones is 1. The zero-order valence-electron chi connectivity index (χ0n) is 13.4. The largest absolute Gasteiger partial charge is 0.316 e. The van der Waals surface area contributed by atoms with Crippen molar-refractivity contribution in [3.8, 4) is 0 Å². The second-order valence-electron chi connectivity index (χ2n) is 7.82. The van der Waals surface area contributed by atoms with Crippen molar-refractivity contribution in [1.29, 1.82) is 0 Å². The van der Waals surface area contributed by atoms with Gasteiger partial charge < -0.3 is 5.32 Å². The highest BCUT2D eigenvalue weighted by Gasteiger charge is 2.15. The molecule has 2 heteroatoms. The highest BCUT2D eigenvalue weighted by atomic mass is 16.1. The fraction of sp³-hybridized carbons (Fsp3) is 0.938. The highest BCUT2D eigenvalue weighted by molar-refractivity contribution is 5.78. The maximum atomic E-state index is 11.7. The summed E-state index contributed by atoms with van der Waals surface area (Å²) >= 11 is 0. The van der Waals surface area contributed by atoms with Crippen molar-refractivity contribution in [2.75, 3.05) is 13.1 Å². The Kier molecular flexibility index (Phi) is 7.77. The van der Waals surface area contributed by atoms with E-state index in [9.17, 15) is 4.79 Å². The molecule has 0 amide bonds. The Labute approximate surface area is 114 Å². The minimum atomic E-state index is 0.144. The van der Waals surface area contributed by atoms with Crippen LogP contribution in [0.1, 0.15) is 73.6 Å². The smallest absolute Gasteiger partial charge is 0.133 e. The van der Waals surface area contributed by atoms with Gasteiger partial charge in [-0.1, -0.05) is 48.0 Å². The van der Waals surface area contributed by atoms with E-state index >= 15 is 0 Å². The summed E-state index contributed by atoms with van der Waals surface area (Å²) in [5.74, 6) is 0.421. The van der Waals surface area contributed by atoms with E-state index in [1.807, 2.05) is 0 Å². The van der Waals surface area contributed by atoms with Crippen LogP contribution in [0.15, 0.2) is 0 Å². The van der Waals surface area contributed by atoms with Crippen molar-refractivity contribution in [2.24, 2.45) is 10.8 Å². The molecular weight excluding hydrogens is 222 g/mol. The lowest BCUT2D eigenvalue weighted by Crippen LogP contribution is -2.27. The number of hydrogen-bond acceptors (Lipinski definition) is 2. The van der Waals surface area contributed by atoms with Crippen molar-refractivity contribution in [2.45, 2.75) is 73.6 Å². The van der Waals surface area contributed by atoms with Gasteiger partial charge >= 0.3 is 0 Å². The third kappa shape index (κ3) is 13.7. The lowest BCUT2D eigenvalue weighted by Gasteiger charge is -2.18. The third-order valence-electron chi connectivity index (χ3n) is 2.69. The van der Waals surface area contributed by atoms with E-state index in [0.717, 1.165) is 38.8 Å². The first-order valence-corrected chi connectivity index (χ1v) is 7.33. The van der Waals surface area contributed by atoms with Gasteiger partial charge in [0.25, 0.3) is 0 Å². The molecule has 108 valence electrons. The number of Topliss-reactive ketones (excluding diaryl/α,β-unsaturated/α-hetero) is 1. The molecule has 0 rings (SSSR count). The van der Waals surface area contributed by atoms with Crippen molar-refractivity contribution in [3.63, 3.8) is 0 Å². The van der Waals surface area contributed by atoms with Gasteiger partial charge in [-0.2, -0.15) is 0 Å². The molecule has 0 saturated heterocycles. The van der Waals surface area contributed by atoms with E-state index in [4.69, 9.17) is 0 Å². The zero-order valence-corrected chi connectivity index (χ0v) is 13.4. The standard InChI is InChI=1S/C16H33NO/c1-15(2,3)12-14(18)10-8-7-9-11-17-13-16(4,5)6/h17H,7-13H2,1-6H3. The maximum Gasteiger partial charge on any atom is 0.133 e. The van der Waals surface area contributed by atoms with Crippen molar-refractivity contribution in [1.82, 2.24) is 5.32 Å². The van der Waals surface area contributed by atoms with E-state index in [2.05, 4.69) is 46.9 Å². The summed E-state index contributed by atoms with van der Waals surface area (Å²) in [6, 6.07) is 0. The quantitative estimate of drug-likeness (QED) is 0.659. The molecule has 0 fully saturated rings. The molecule has 0 bridgehead atoms. The molecule has 0 radical (unpaired) electrons. The Morgan fingerprint density at radius 1 is 0.889 bits per heavy atom. The van der Waals surface area contributed by atoms with E-state index in [1.165, 1.54) is 6.42 Å². The number of unbranched alkanes of at least 4 members (excludes halogenated alkanes) is 2. The lowest BCUT2D eigenvalue weighted by atomic mass is 9.88.